The summed E-state index contributed by atoms with van der Waals surface area (Å²) >= 11 is 0. The summed E-state index contributed by atoms with van der Waals surface area (Å²) in [6.07, 6.45) is 2.15. The molecule has 0 aliphatic carbocycles. The van der Waals surface area contributed by atoms with Gasteiger partial charge in [-0.25, -0.2) is 0 Å². The van der Waals surface area contributed by atoms with Crippen LogP contribution in [0.1, 0.15) is 18.5 Å². The van der Waals surface area contributed by atoms with Gasteiger partial charge in [-0.3, -0.25) is 0 Å². The van der Waals surface area contributed by atoms with E-state index in [2.05, 4.69) is 38.2 Å². The first-order chi connectivity index (χ1) is 13.2. The second-order valence-electron chi connectivity index (χ2n) is 8.19. The fourth-order valence-corrected chi connectivity index (χ4v) is 4.67. The highest BCUT2D eigenvalue weighted by atomic mass is 16.3. The molecular weight excluding hydrogens is 340 g/mol. The zero-order valence-electron chi connectivity index (χ0n) is 16.1. The summed E-state index contributed by atoms with van der Waals surface area (Å²) in [5.74, 6) is 2.10. The van der Waals surface area contributed by atoms with Crippen molar-refractivity contribution in [1.82, 2.24) is 15.1 Å². The third-order valence-corrected chi connectivity index (χ3v) is 6.42. The Morgan fingerprint density at radius 3 is 2.37 bits per heavy atom. The van der Waals surface area contributed by atoms with E-state index in [1.807, 2.05) is 13.0 Å². The van der Waals surface area contributed by atoms with E-state index in [1.165, 1.54) is 0 Å². The van der Waals surface area contributed by atoms with Gasteiger partial charge in [-0.15, -0.1) is 5.10 Å². The number of aryl methyl sites for hydroxylation is 1. The Balaban J connectivity index is 1.49. The van der Waals surface area contributed by atoms with Gasteiger partial charge in [0.1, 0.15) is 0 Å². The monoisotopic (exact) mass is 370 g/mol. The molecule has 2 aromatic rings. The Kier molecular flexibility index (Phi) is 5.57. The maximum atomic E-state index is 9.95. The molecule has 146 valence electrons. The smallest absolute Gasteiger partial charge is 0.159 e. The number of hydrogen-bond acceptors (Lipinski definition) is 6. The quantitative estimate of drug-likeness (QED) is 0.834. The van der Waals surface area contributed by atoms with Crippen molar-refractivity contribution in [2.75, 3.05) is 50.8 Å². The number of fused-ring (bicyclic) bond motifs is 1. The molecule has 1 aromatic carbocycles. The van der Waals surface area contributed by atoms with E-state index in [0.717, 1.165) is 67.8 Å². The lowest BCUT2D eigenvalue weighted by molar-refractivity contribution is 0.106. The van der Waals surface area contributed by atoms with Crippen molar-refractivity contribution in [2.45, 2.75) is 19.8 Å². The van der Waals surface area contributed by atoms with Crippen LogP contribution in [0.3, 0.4) is 0 Å². The van der Waals surface area contributed by atoms with Crippen LogP contribution in [0.2, 0.25) is 0 Å². The first-order valence-corrected chi connectivity index (χ1v) is 10.1. The number of piperidine rings is 1. The Morgan fingerprint density at radius 1 is 0.963 bits per heavy atom. The van der Waals surface area contributed by atoms with Gasteiger partial charge in [0.2, 0.25) is 0 Å². The van der Waals surface area contributed by atoms with Crippen molar-refractivity contribution >= 4 is 16.6 Å². The molecule has 2 fully saturated rings. The molecule has 3 heterocycles. The SMILES string of the molecule is Cc1nnc(N2C[C@@H](CN3CCC(CO)CC3)[C@@H](CO)C2)c2ccccc12. The predicted octanol–water partition coefficient (Wildman–Crippen LogP) is 1.69. The zero-order chi connectivity index (χ0) is 18.8. The molecule has 2 aliphatic heterocycles. The van der Waals surface area contributed by atoms with E-state index >= 15 is 0 Å². The van der Waals surface area contributed by atoms with Crippen LogP contribution < -0.4 is 4.90 Å². The fraction of sp³-hybridized carbons (Fsp3) is 0.619. The molecule has 0 saturated carbocycles. The van der Waals surface area contributed by atoms with Gasteiger partial charge in [-0.05, 0) is 44.7 Å². The largest absolute Gasteiger partial charge is 0.396 e. The summed E-state index contributed by atoms with van der Waals surface area (Å²) < 4.78 is 0. The molecule has 27 heavy (non-hydrogen) atoms. The lowest BCUT2D eigenvalue weighted by Gasteiger charge is -2.33. The molecule has 0 radical (unpaired) electrons. The molecule has 2 saturated heterocycles. The first kappa shape index (κ1) is 18.6. The minimum atomic E-state index is 0.214. The van der Waals surface area contributed by atoms with Gasteiger partial charge in [0.15, 0.2) is 5.82 Å². The highest BCUT2D eigenvalue weighted by Gasteiger charge is 2.35. The van der Waals surface area contributed by atoms with Crippen LogP contribution in [0.15, 0.2) is 24.3 Å². The van der Waals surface area contributed by atoms with E-state index < -0.39 is 0 Å². The van der Waals surface area contributed by atoms with Gasteiger partial charge >= 0.3 is 0 Å². The summed E-state index contributed by atoms with van der Waals surface area (Å²) in [7, 11) is 0. The second kappa shape index (κ2) is 8.09. The topological polar surface area (TPSA) is 72.7 Å². The molecule has 6 heteroatoms. The molecule has 2 aliphatic rings. The van der Waals surface area contributed by atoms with E-state index in [0.29, 0.717) is 18.4 Å². The van der Waals surface area contributed by atoms with Crippen molar-refractivity contribution < 1.29 is 10.2 Å². The highest BCUT2D eigenvalue weighted by molar-refractivity contribution is 5.93. The average Bonchev–Trinajstić information content (AvgIpc) is 3.11. The molecular formula is C21H30N4O2. The molecule has 4 rings (SSSR count). The average molecular weight is 370 g/mol. The summed E-state index contributed by atoms with van der Waals surface area (Å²) in [5.41, 5.74) is 0.954. The Hall–Kier alpha value is -1.76. The second-order valence-corrected chi connectivity index (χ2v) is 8.19. The first-order valence-electron chi connectivity index (χ1n) is 10.1. The fourth-order valence-electron chi connectivity index (χ4n) is 4.67. The lowest BCUT2D eigenvalue weighted by Crippen LogP contribution is -2.40. The van der Waals surface area contributed by atoms with E-state index in [1.54, 1.807) is 0 Å². The van der Waals surface area contributed by atoms with Crippen molar-refractivity contribution in [3.05, 3.63) is 30.0 Å². The third-order valence-electron chi connectivity index (χ3n) is 6.42. The van der Waals surface area contributed by atoms with Gasteiger partial charge in [-0.2, -0.15) is 5.10 Å². The van der Waals surface area contributed by atoms with Gasteiger partial charge < -0.3 is 20.0 Å². The number of anilines is 1. The standard InChI is InChI=1S/C21H30N4O2/c1-15-19-4-2-3-5-20(19)21(23-22-15)25-11-17(18(12-25)14-27)10-24-8-6-16(13-26)7-9-24/h2-5,16-18,26-27H,6-14H2,1H3/t17-,18-/m1/s1. The van der Waals surface area contributed by atoms with Crippen LogP contribution in [0.25, 0.3) is 10.8 Å². The summed E-state index contributed by atoms with van der Waals surface area (Å²) in [4.78, 5) is 4.81. The molecule has 6 nitrogen and oxygen atoms in total. The molecule has 1 aromatic heterocycles. The maximum Gasteiger partial charge on any atom is 0.159 e. The van der Waals surface area contributed by atoms with Crippen LogP contribution in [-0.4, -0.2) is 71.2 Å². The molecule has 0 spiro atoms. The molecule has 0 bridgehead atoms. The number of aliphatic hydroxyl groups excluding tert-OH is 2. The number of hydrogen-bond donors (Lipinski definition) is 2. The van der Waals surface area contributed by atoms with Crippen molar-refractivity contribution in [2.24, 2.45) is 17.8 Å². The Labute approximate surface area is 160 Å². The van der Waals surface area contributed by atoms with Crippen molar-refractivity contribution in [1.29, 1.82) is 0 Å². The number of benzene rings is 1. The van der Waals surface area contributed by atoms with Crippen LogP contribution >= 0.6 is 0 Å². The molecule has 0 unspecified atom stereocenters. The van der Waals surface area contributed by atoms with E-state index in [4.69, 9.17) is 0 Å². The number of aromatic nitrogens is 2. The summed E-state index contributed by atoms with van der Waals surface area (Å²) in [6.45, 7) is 7.37. The summed E-state index contributed by atoms with van der Waals surface area (Å²) in [5, 5.41) is 30.5. The molecule has 0 amide bonds. The van der Waals surface area contributed by atoms with E-state index in [9.17, 15) is 10.2 Å². The number of aliphatic hydroxyl groups is 2. The normalized spacial score (nSPS) is 24.8. The number of likely N-dealkylation sites (tertiary alicyclic amines) is 1. The van der Waals surface area contributed by atoms with Crippen LogP contribution in [0, 0.1) is 24.7 Å². The van der Waals surface area contributed by atoms with E-state index in [-0.39, 0.29) is 12.5 Å². The lowest BCUT2D eigenvalue weighted by atomic mass is 9.93. The van der Waals surface area contributed by atoms with Crippen molar-refractivity contribution in [3.8, 4) is 0 Å². The Bertz CT molecular complexity index is 776. The maximum absolute atomic E-state index is 9.95. The predicted molar refractivity (Wildman–Crippen MR) is 107 cm³/mol. The number of rotatable bonds is 5. The Morgan fingerprint density at radius 2 is 1.67 bits per heavy atom. The van der Waals surface area contributed by atoms with Gasteiger partial charge in [0, 0.05) is 49.5 Å². The molecule has 2 atom stereocenters. The summed E-state index contributed by atoms with van der Waals surface area (Å²) in [6, 6.07) is 8.31. The highest BCUT2D eigenvalue weighted by Crippen LogP contribution is 2.33. The minimum absolute atomic E-state index is 0.214. The minimum Gasteiger partial charge on any atom is -0.396 e. The zero-order valence-corrected chi connectivity index (χ0v) is 16.1. The third kappa shape index (κ3) is 3.79. The van der Waals surface area contributed by atoms with Gasteiger partial charge in [-0.1, -0.05) is 24.3 Å². The van der Waals surface area contributed by atoms with Gasteiger partial charge in [0.05, 0.1) is 5.69 Å². The van der Waals surface area contributed by atoms with Crippen molar-refractivity contribution in [3.63, 3.8) is 0 Å². The van der Waals surface area contributed by atoms with Crippen LogP contribution in [0.4, 0.5) is 5.82 Å². The van der Waals surface area contributed by atoms with Crippen LogP contribution in [-0.2, 0) is 0 Å². The molecule has 2 N–H and O–H groups in total. The number of nitrogens with zero attached hydrogens (tertiary/aromatic N) is 4. The van der Waals surface area contributed by atoms with Gasteiger partial charge in [0.25, 0.3) is 0 Å². The van der Waals surface area contributed by atoms with Crippen LogP contribution in [0.5, 0.6) is 0 Å².